The molecular weight excluding hydrogens is 967 g/mol. The summed E-state index contributed by atoms with van der Waals surface area (Å²) in [7, 11) is 0. The third-order valence-electron chi connectivity index (χ3n) is 7.29. The third-order valence-corrected chi connectivity index (χ3v) is 7.29. The molecule has 0 unspecified atom stereocenters. The summed E-state index contributed by atoms with van der Waals surface area (Å²) in [6.45, 7) is 8.90. The molecule has 0 amide bonds. The number of hydrogen-bond donors (Lipinski definition) is 0. The van der Waals surface area contributed by atoms with Crippen molar-refractivity contribution in [1.82, 2.24) is 29.7 Å². The summed E-state index contributed by atoms with van der Waals surface area (Å²) in [4.78, 5) is 29.4. The van der Waals surface area contributed by atoms with E-state index in [1.165, 1.54) is 51.9 Å². The molecule has 12 nitrogen and oxygen atoms in total. The van der Waals surface area contributed by atoms with Crippen molar-refractivity contribution >= 4 is 11.6 Å². The van der Waals surface area contributed by atoms with Crippen LogP contribution >= 0.6 is 0 Å². The Balaban J connectivity index is 0.000000172. The maximum absolute atomic E-state index is 4.41. The molecule has 4 aromatic rings. The van der Waals surface area contributed by atoms with Gasteiger partial charge in [0.05, 0.1) is 11.6 Å². The summed E-state index contributed by atoms with van der Waals surface area (Å²) in [6, 6.07) is 22.4. The molecule has 4 aromatic heterocycles. The average Bonchev–Trinajstić information content (AvgIpc) is 3.14. The zero-order valence-corrected chi connectivity index (χ0v) is 31.4. The third kappa shape index (κ3) is 14.4. The minimum Gasteiger partial charge on any atom is -0.666 e. The first-order valence-electron chi connectivity index (χ1n) is 16.1. The van der Waals surface area contributed by atoms with Crippen LogP contribution in [0.4, 0.5) is 11.6 Å². The number of rotatable bonds is 2. The average molecular weight is 1010 g/mol. The Kier molecular flexibility index (Phi) is 19.6. The predicted octanol–water partition coefficient (Wildman–Crippen LogP) is 4.79. The minimum absolute atomic E-state index is 0. The molecule has 14 heteroatoms. The molecule has 0 atom stereocenters. The predicted molar refractivity (Wildman–Crippen MR) is 181 cm³/mol. The van der Waals surface area contributed by atoms with Crippen molar-refractivity contribution in [3.05, 3.63) is 130 Å². The second-order valence-corrected chi connectivity index (χ2v) is 10.8. The molecule has 0 bridgehead atoms. The van der Waals surface area contributed by atoms with Crippen LogP contribution in [-0.2, 0) is 42.1 Å². The molecule has 264 valence electrons. The van der Waals surface area contributed by atoms with E-state index >= 15 is 0 Å². The fraction of sp³-hybridized carbons (Fsp3) is 0.412. The number of pyridine rings is 4. The first-order valence-corrected chi connectivity index (χ1v) is 16.1. The summed E-state index contributed by atoms with van der Waals surface area (Å²) in [5.74, 6) is 1.36. The van der Waals surface area contributed by atoms with Gasteiger partial charge in [0.2, 0.25) is 0 Å². The Hall–Kier alpha value is -2.66. The van der Waals surface area contributed by atoms with Gasteiger partial charge in [-0.15, -0.1) is 26.2 Å². The van der Waals surface area contributed by atoms with Crippen LogP contribution in [0.25, 0.3) is 21.3 Å². The number of nitrogens with zero attached hydrogens (tertiary/aromatic N) is 12. The number of aromatic nitrogens is 4. The summed E-state index contributed by atoms with van der Waals surface area (Å²) >= 11 is 0. The van der Waals surface area contributed by atoms with E-state index in [2.05, 4.69) is 61.0 Å². The Morgan fingerprint density at radius 1 is 0.500 bits per heavy atom. The molecule has 8 rings (SSSR count). The molecule has 4 fully saturated rings. The summed E-state index contributed by atoms with van der Waals surface area (Å²) < 4.78 is 0. The van der Waals surface area contributed by atoms with Gasteiger partial charge in [-0.05, 0) is 50.4 Å². The van der Waals surface area contributed by atoms with Crippen molar-refractivity contribution < 1.29 is 42.1 Å². The van der Waals surface area contributed by atoms with Crippen molar-refractivity contribution in [2.45, 2.75) is 38.3 Å². The second kappa shape index (κ2) is 23.6. The van der Waals surface area contributed by atoms with Gasteiger partial charge in [-0.2, -0.15) is 12.6 Å². The van der Waals surface area contributed by atoms with Crippen molar-refractivity contribution in [1.29, 1.82) is 0 Å². The van der Waals surface area contributed by atoms with Crippen molar-refractivity contribution in [2.75, 3.05) is 52.4 Å². The van der Waals surface area contributed by atoms with E-state index in [9.17, 15) is 0 Å². The van der Waals surface area contributed by atoms with Crippen molar-refractivity contribution in [3.8, 4) is 0 Å². The largest absolute Gasteiger partial charge is 0.666 e. The monoisotopic (exact) mass is 1010 g/mol. The van der Waals surface area contributed by atoms with E-state index in [0.717, 1.165) is 26.2 Å². The maximum atomic E-state index is 4.41. The molecule has 4 aliphatic rings. The summed E-state index contributed by atoms with van der Waals surface area (Å²) in [5.41, 5.74) is 1.36. The Morgan fingerprint density at radius 2 is 0.875 bits per heavy atom. The van der Waals surface area contributed by atoms with Crippen LogP contribution in [0.3, 0.4) is 0 Å². The van der Waals surface area contributed by atoms with E-state index in [4.69, 9.17) is 0 Å². The fourth-order valence-corrected chi connectivity index (χ4v) is 5.10. The topological polar surface area (TPSA) is 142 Å². The first-order chi connectivity index (χ1) is 22.8. The van der Waals surface area contributed by atoms with Gasteiger partial charge >= 0.3 is 0 Å². The normalized spacial score (nSPS) is 18.8. The molecule has 0 aliphatic carbocycles. The van der Waals surface area contributed by atoms with Crippen LogP contribution in [0.1, 0.15) is 25.7 Å². The van der Waals surface area contributed by atoms with Crippen molar-refractivity contribution in [3.63, 3.8) is 0 Å². The fourth-order valence-electron chi connectivity index (χ4n) is 5.10. The molecule has 4 aliphatic heterocycles. The first kappa shape index (κ1) is 39.8. The Labute approximate surface area is 312 Å². The number of fused-ring (bicyclic) bond motifs is 2. The molecule has 0 spiro atoms. The maximum Gasteiger partial charge on any atom is 0.0509 e. The second-order valence-electron chi connectivity index (χ2n) is 10.8. The molecule has 0 radical (unpaired) electrons. The van der Waals surface area contributed by atoms with Gasteiger partial charge in [-0.3, -0.25) is 9.97 Å². The van der Waals surface area contributed by atoms with E-state index in [0.29, 0.717) is 22.6 Å². The van der Waals surface area contributed by atoms with Gasteiger partial charge in [-0.1, -0.05) is 97.6 Å². The molecular formula is C34H42N12Pt2-6. The van der Waals surface area contributed by atoms with Crippen LogP contribution in [0.5, 0.6) is 0 Å². The van der Waals surface area contributed by atoms with Gasteiger partial charge in [-0.25, -0.2) is 0 Å². The summed E-state index contributed by atoms with van der Waals surface area (Å²) in [5, 5.41) is 17.6. The van der Waals surface area contributed by atoms with Crippen LogP contribution in [0, 0.1) is 0 Å². The smallest absolute Gasteiger partial charge is 0.0509 e. The zero-order valence-electron chi connectivity index (χ0n) is 26.9. The SMILES string of the molecule is C1C[N-]C2[N-]CCCN2C1.C1C[N-]C2[N-]CCCN2C1.[Pt].[Pt].c1ccc(/N=c2/cccc[n-]2)nc1.c1ccc(/N=c2/cccc[n-]2)nc1. The summed E-state index contributed by atoms with van der Waals surface area (Å²) in [6.07, 6.45) is 12.2. The molecule has 0 aromatic carbocycles. The van der Waals surface area contributed by atoms with Gasteiger partial charge < -0.3 is 51.0 Å². The minimum atomic E-state index is 0. The van der Waals surface area contributed by atoms with Crippen molar-refractivity contribution in [2.24, 2.45) is 9.98 Å². The molecule has 0 saturated carbocycles. The van der Waals surface area contributed by atoms with E-state index < -0.39 is 0 Å². The van der Waals surface area contributed by atoms with Crippen LogP contribution in [0.15, 0.2) is 108 Å². The Morgan fingerprint density at radius 3 is 1.17 bits per heavy atom. The molecule has 8 heterocycles. The molecule has 4 saturated heterocycles. The van der Waals surface area contributed by atoms with Gasteiger partial charge in [0.15, 0.2) is 0 Å². The zero-order chi connectivity index (χ0) is 31.5. The van der Waals surface area contributed by atoms with Gasteiger partial charge in [0.25, 0.3) is 0 Å². The van der Waals surface area contributed by atoms with Crippen LogP contribution in [-0.4, -0.2) is 84.7 Å². The standard InChI is InChI=1S/2C10H8N3.2C7H13N3.2Pt/c2*1-3-7-11-9(5-1)13-10-6-2-4-8-12-10;2*1-3-8-7-9-4-2-6-10(7)5-1;;/h2*1-8H;2*7H,1-6H2;;/q2*-1;2*-2;;. The van der Waals surface area contributed by atoms with Gasteiger partial charge in [0, 0.05) is 54.5 Å². The molecule has 48 heavy (non-hydrogen) atoms. The number of hydrogen-bond acceptors (Lipinski definition) is 6. The van der Waals surface area contributed by atoms with Gasteiger partial charge in [0.1, 0.15) is 0 Å². The Bertz CT molecular complexity index is 1320. The van der Waals surface area contributed by atoms with E-state index in [1.807, 2.05) is 72.8 Å². The quantitative estimate of drug-likeness (QED) is 0.283. The van der Waals surface area contributed by atoms with Crippen LogP contribution in [0.2, 0.25) is 0 Å². The molecule has 0 N–H and O–H groups in total. The van der Waals surface area contributed by atoms with E-state index in [-0.39, 0.29) is 54.7 Å². The van der Waals surface area contributed by atoms with E-state index in [1.54, 1.807) is 24.8 Å². The van der Waals surface area contributed by atoms with Crippen LogP contribution < -0.4 is 20.9 Å².